The topological polar surface area (TPSA) is 184 Å². The van der Waals surface area contributed by atoms with Gasteiger partial charge in [0.05, 0.1) is 30.6 Å². The molecule has 2 aliphatic carbocycles. The molecule has 2 atom stereocenters. The summed E-state index contributed by atoms with van der Waals surface area (Å²) in [5, 5.41) is 26.8. The Bertz CT molecular complexity index is 2700. The Morgan fingerprint density at radius 3 is 2.44 bits per heavy atom. The normalized spacial score (nSPS) is 23.2. The summed E-state index contributed by atoms with van der Waals surface area (Å²) in [6, 6.07) is 20.7. The van der Waals surface area contributed by atoms with Crippen LogP contribution in [0.15, 0.2) is 84.1 Å². The molecule has 2 aliphatic heterocycles. The molecule has 3 aromatic heterocycles. The highest BCUT2D eigenvalue weighted by Crippen LogP contribution is 2.53. The number of fused-ring (bicyclic) bond motifs is 1. The van der Waals surface area contributed by atoms with E-state index in [9.17, 15) is 23.5 Å². The van der Waals surface area contributed by atoms with Crippen LogP contribution in [0.5, 0.6) is 11.5 Å². The zero-order valence-corrected chi connectivity index (χ0v) is 41.2. The molecule has 2 saturated carbocycles. The number of sulfonamides is 1. The van der Waals surface area contributed by atoms with Crippen molar-refractivity contribution in [2.24, 2.45) is 11.3 Å². The van der Waals surface area contributed by atoms with Crippen LogP contribution in [0.25, 0.3) is 11.0 Å². The number of aromatic nitrogens is 3. The summed E-state index contributed by atoms with van der Waals surface area (Å²) in [4.78, 5) is 33.5. The second kappa shape index (κ2) is 19.4. The number of carbonyl (C=O) groups is 1. The first-order chi connectivity index (χ1) is 32.5. The molecule has 9 rings (SSSR count). The van der Waals surface area contributed by atoms with Crippen molar-refractivity contribution in [1.82, 2.24) is 29.5 Å². The molecule has 68 heavy (non-hydrogen) atoms. The van der Waals surface area contributed by atoms with Gasteiger partial charge in [0.25, 0.3) is 15.9 Å². The lowest BCUT2D eigenvalue weighted by molar-refractivity contribution is -0.751. The molecule has 2 aromatic carbocycles. The van der Waals surface area contributed by atoms with E-state index in [1.165, 1.54) is 37.1 Å². The van der Waals surface area contributed by atoms with E-state index < -0.39 is 21.5 Å². The van der Waals surface area contributed by atoms with Gasteiger partial charge in [-0.25, -0.2) is 23.1 Å². The number of H-pyrrole nitrogens is 1. The molecule has 15 nitrogen and oxygen atoms in total. The molecular weight excluding hydrogens is 879 g/mol. The number of hydrogen-bond acceptors (Lipinski definition) is 12. The Morgan fingerprint density at radius 2 is 1.72 bits per heavy atom. The maximum atomic E-state index is 14.1. The van der Waals surface area contributed by atoms with Gasteiger partial charge in [0.15, 0.2) is 11.5 Å². The van der Waals surface area contributed by atoms with Gasteiger partial charge in [0.1, 0.15) is 22.0 Å². The van der Waals surface area contributed by atoms with Gasteiger partial charge < -0.3 is 35.3 Å². The van der Waals surface area contributed by atoms with Crippen molar-refractivity contribution in [3.8, 4) is 11.5 Å². The molecule has 1 spiro atoms. The highest BCUT2D eigenvalue weighted by molar-refractivity contribution is 7.90. The summed E-state index contributed by atoms with van der Waals surface area (Å²) >= 11 is 0. The quantitative estimate of drug-likeness (QED) is 0.0693. The number of piperidine rings is 1. The second-order valence-corrected chi connectivity index (χ2v) is 22.6. The summed E-state index contributed by atoms with van der Waals surface area (Å²) in [5.74, 6) is 0.713. The van der Waals surface area contributed by atoms with Crippen molar-refractivity contribution in [3.05, 3.63) is 101 Å². The lowest BCUT2D eigenvalue weighted by Gasteiger charge is -2.58. The molecule has 5 aromatic rings. The van der Waals surface area contributed by atoms with Crippen LogP contribution in [0, 0.1) is 16.5 Å². The zero-order valence-electron chi connectivity index (χ0n) is 40.4. The Morgan fingerprint density at radius 1 is 0.971 bits per heavy atom. The Labute approximate surface area is 401 Å². The minimum atomic E-state index is -4.48. The van der Waals surface area contributed by atoms with Crippen molar-refractivity contribution >= 4 is 44.2 Å². The van der Waals surface area contributed by atoms with E-state index in [-0.39, 0.29) is 44.1 Å². The fourth-order valence-electron chi connectivity index (χ4n) is 11.2. The van der Waals surface area contributed by atoms with E-state index in [2.05, 4.69) is 91.7 Å². The van der Waals surface area contributed by atoms with Crippen LogP contribution >= 0.6 is 0 Å². The Kier molecular flexibility index (Phi) is 13.6. The number of rotatable bonds is 14. The van der Waals surface area contributed by atoms with Crippen LogP contribution < -0.4 is 24.7 Å². The van der Waals surface area contributed by atoms with Gasteiger partial charge >= 0.3 is 0 Å². The van der Waals surface area contributed by atoms with Crippen LogP contribution in [0.2, 0.25) is 0 Å². The van der Waals surface area contributed by atoms with E-state index in [4.69, 9.17) is 4.74 Å². The fraction of sp³-hybridized carbons (Fsp3) is 0.519. The monoisotopic (exact) mass is 948 g/mol. The number of aliphatic hydroxyl groups is 1. The van der Waals surface area contributed by atoms with Crippen molar-refractivity contribution in [2.45, 2.75) is 121 Å². The molecular formula is C52H69N9O6S. The molecule has 1 amide bonds. The van der Waals surface area contributed by atoms with Crippen molar-refractivity contribution < 1.29 is 28.1 Å². The summed E-state index contributed by atoms with van der Waals surface area (Å²) < 4.78 is 36.4. The number of pyridine rings is 2. The maximum Gasteiger partial charge on any atom is 0.268 e. The molecule has 2 saturated heterocycles. The van der Waals surface area contributed by atoms with Crippen LogP contribution in [-0.2, 0) is 10.0 Å². The Hall–Kier alpha value is -5.10. The van der Waals surface area contributed by atoms with Crippen LogP contribution in [0.4, 0.5) is 17.2 Å². The lowest BCUT2D eigenvalue weighted by Crippen LogP contribution is -2.98. The van der Waals surface area contributed by atoms with Crippen molar-refractivity contribution in [3.63, 3.8) is 0 Å². The van der Waals surface area contributed by atoms with Gasteiger partial charge in [-0.05, 0) is 125 Å². The van der Waals surface area contributed by atoms with Gasteiger partial charge in [0, 0.05) is 86.8 Å². The average molecular weight is 948 g/mol. The van der Waals surface area contributed by atoms with E-state index >= 15 is 0 Å². The van der Waals surface area contributed by atoms with E-state index in [1.807, 2.05) is 31.2 Å². The number of amides is 1. The van der Waals surface area contributed by atoms with E-state index in [0.29, 0.717) is 54.8 Å². The standard InChI is InChI=1S/C52H69N9O6S/c1-34(2)42-9-7-8-10-43(42)46-33-60(35(3)4)23-24-61(46)39-28-52(29-39)18-21-59(22-19-52)38-11-12-44(47(26-38)67-40-25-37-15-20-53-48(37)55-31-40)50(62)57-68(65,66)41-27-45(58(6)64)49(56-32-41)54-30-36-13-16-51(5,63)17-14-36/h7-12,15,20,25-27,31-32,34-36,39,46,58,63H,13-14,16-19,21-24,28-30,33H2,1-6H3,(H,53,55)(H,54,56)(H,57,62)/t36-,46-,51-/m0/s1. The number of hydrogen-bond donors (Lipinski definition) is 5. The molecule has 5 heterocycles. The predicted octanol–water partition coefficient (Wildman–Crippen LogP) is 7.51. The number of nitrogens with one attached hydrogen (secondary N) is 4. The first kappa shape index (κ1) is 47.9. The maximum absolute atomic E-state index is 14.1. The molecule has 16 heteroatoms. The summed E-state index contributed by atoms with van der Waals surface area (Å²) in [7, 11) is -3.13. The van der Waals surface area contributed by atoms with Crippen molar-refractivity contribution in [2.75, 3.05) is 56.5 Å². The summed E-state index contributed by atoms with van der Waals surface area (Å²) in [6.07, 6.45) is 12.0. The number of hydroxylamine groups is 1. The summed E-state index contributed by atoms with van der Waals surface area (Å²) in [6.45, 7) is 16.5. The summed E-state index contributed by atoms with van der Waals surface area (Å²) in [5.41, 5.74) is 4.24. The number of benzene rings is 2. The van der Waals surface area contributed by atoms with E-state index in [0.717, 1.165) is 75.7 Å². The highest BCUT2D eigenvalue weighted by Gasteiger charge is 2.50. The SMILES string of the molecule is CC(C)c1ccccc1[C@@H]1CN(C(C)C)CCN1C1CC2(CCN(c3ccc(C(=O)NS(=O)(=O)c4cnc(NC[C@H]5CC[C@](C)(O)CC5)c([NH+](C)[O-])c4)c(Oc4cnc5[nH]ccc5c4)c3)CC2)C1. The van der Waals surface area contributed by atoms with Gasteiger partial charge in [-0.15, -0.1) is 0 Å². The third-order valence-electron chi connectivity index (χ3n) is 15.5. The fourth-order valence-corrected chi connectivity index (χ4v) is 12.2. The minimum absolute atomic E-state index is 0.0254. The predicted molar refractivity (Wildman–Crippen MR) is 266 cm³/mol. The van der Waals surface area contributed by atoms with Crippen LogP contribution in [0.1, 0.15) is 119 Å². The third-order valence-corrected chi connectivity index (χ3v) is 16.8. The van der Waals surface area contributed by atoms with E-state index in [1.54, 1.807) is 18.5 Å². The number of anilines is 2. The Balaban J connectivity index is 0.899. The van der Waals surface area contributed by atoms with Gasteiger partial charge in [-0.3, -0.25) is 14.6 Å². The number of aromatic amines is 1. The smallest absolute Gasteiger partial charge is 0.268 e. The second-order valence-electron chi connectivity index (χ2n) is 20.9. The lowest BCUT2D eigenvalue weighted by atomic mass is 9.59. The largest absolute Gasteiger partial charge is 0.629 e. The molecule has 4 fully saturated rings. The first-order valence-electron chi connectivity index (χ1n) is 24.6. The van der Waals surface area contributed by atoms with Gasteiger partial charge in [-0.2, -0.15) is 0 Å². The number of carbonyl (C=O) groups excluding carboxylic acids is 1. The van der Waals surface area contributed by atoms with Crippen molar-refractivity contribution in [1.29, 1.82) is 0 Å². The molecule has 0 bridgehead atoms. The number of ether oxygens (including phenoxy) is 1. The van der Waals surface area contributed by atoms with Gasteiger partial charge in [0.2, 0.25) is 0 Å². The average Bonchev–Trinajstić information content (AvgIpc) is 3.78. The first-order valence-corrected chi connectivity index (χ1v) is 26.1. The van der Waals surface area contributed by atoms with Crippen LogP contribution in [0.3, 0.4) is 0 Å². The molecule has 1 unspecified atom stereocenters. The number of quaternary nitrogens is 1. The molecule has 364 valence electrons. The van der Waals surface area contributed by atoms with Gasteiger partial charge in [-0.1, -0.05) is 38.1 Å². The number of nitrogens with zero attached hydrogens (tertiary/aromatic N) is 5. The molecule has 5 N–H and O–H groups in total. The zero-order chi connectivity index (χ0) is 48.0. The third kappa shape index (κ3) is 10.3. The minimum Gasteiger partial charge on any atom is -0.629 e. The molecule has 0 radical (unpaired) electrons. The van der Waals surface area contributed by atoms with Crippen LogP contribution in [-0.4, -0.2) is 108 Å². The highest BCUT2D eigenvalue weighted by atomic mass is 32.2. The molecule has 4 aliphatic rings. The number of piperazine rings is 1.